The molecule has 7 heteroatoms. The Hall–Kier alpha value is -2.18. The first kappa shape index (κ1) is 13.8. The molecular formula is C14H11ClN4OS. The highest BCUT2D eigenvalue weighted by molar-refractivity contribution is 7.04. The Labute approximate surface area is 130 Å². The largest absolute Gasteiger partial charge is 0.320 e. The van der Waals surface area contributed by atoms with E-state index in [9.17, 15) is 4.79 Å². The van der Waals surface area contributed by atoms with Crippen LogP contribution in [-0.4, -0.2) is 20.1 Å². The monoisotopic (exact) mass is 318 g/mol. The zero-order valence-electron chi connectivity index (χ0n) is 11.1. The van der Waals surface area contributed by atoms with Crippen molar-refractivity contribution in [1.82, 2.24) is 14.2 Å². The van der Waals surface area contributed by atoms with Gasteiger partial charge in [-0.3, -0.25) is 4.79 Å². The summed E-state index contributed by atoms with van der Waals surface area (Å²) in [7, 11) is 0. The molecule has 0 bridgehead atoms. The van der Waals surface area contributed by atoms with Crippen molar-refractivity contribution >= 4 is 34.7 Å². The molecule has 0 aliphatic rings. The van der Waals surface area contributed by atoms with Gasteiger partial charge in [0, 0.05) is 22.8 Å². The Kier molecular flexibility index (Phi) is 3.72. The van der Waals surface area contributed by atoms with E-state index in [1.165, 1.54) is 11.5 Å². The van der Waals surface area contributed by atoms with Gasteiger partial charge in [0.15, 0.2) is 0 Å². The van der Waals surface area contributed by atoms with Crippen molar-refractivity contribution < 1.29 is 4.79 Å². The molecule has 3 rings (SSSR count). The molecule has 3 aromatic rings. The lowest BCUT2D eigenvalue weighted by molar-refractivity contribution is 0.102. The summed E-state index contributed by atoms with van der Waals surface area (Å²) >= 11 is 7.28. The molecule has 5 nitrogen and oxygen atoms in total. The molecule has 21 heavy (non-hydrogen) atoms. The summed E-state index contributed by atoms with van der Waals surface area (Å²) in [6, 6.07) is 7.08. The number of benzene rings is 1. The Morgan fingerprint density at radius 1 is 1.43 bits per heavy atom. The highest BCUT2D eigenvalue weighted by Gasteiger charge is 2.14. The second-order valence-corrected chi connectivity index (χ2v) is 5.45. The molecule has 1 amide bonds. The van der Waals surface area contributed by atoms with E-state index in [0.717, 1.165) is 5.69 Å². The lowest BCUT2D eigenvalue weighted by Gasteiger charge is -2.11. The number of nitrogens with one attached hydrogen (secondary N) is 1. The van der Waals surface area contributed by atoms with Gasteiger partial charge in [-0.2, -0.15) is 9.47 Å². The maximum absolute atomic E-state index is 12.3. The normalized spacial score (nSPS) is 10.6. The molecule has 0 spiro atoms. The zero-order valence-corrected chi connectivity index (χ0v) is 12.6. The maximum atomic E-state index is 12.3. The lowest BCUT2D eigenvalue weighted by Crippen LogP contribution is -2.14. The van der Waals surface area contributed by atoms with Crippen LogP contribution in [0, 0.1) is 6.92 Å². The zero-order chi connectivity index (χ0) is 14.8. The van der Waals surface area contributed by atoms with Crippen LogP contribution in [0.5, 0.6) is 0 Å². The number of aromatic nitrogens is 3. The van der Waals surface area contributed by atoms with E-state index >= 15 is 0 Å². The summed E-state index contributed by atoms with van der Waals surface area (Å²) in [4.78, 5) is 12.3. The molecule has 0 unspecified atom stereocenters. The fourth-order valence-corrected chi connectivity index (χ4v) is 2.78. The third kappa shape index (κ3) is 2.81. The Morgan fingerprint density at radius 3 is 2.95 bits per heavy atom. The number of anilines is 1. The van der Waals surface area contributed by atoms with Crippen LogP contribution in [0.25, 0.3) is 5.69 Å². The highest BCUT2D eigenvalue weighted by atomic mass is 35.5. The van der Waals surface area contributed by atoms with E-state index in [1.54, 1.807) is 41.5 Å². The first-order valence-corrected chi connectivity index (χ1v) is 7.38. The quantitative estimate of drug-likeness (QED) is 0.803. The first-order valence-electron chi connectivity index (χ1n) is 6.17. The maximum Gasteiger partial charge on any atom is 0.258 e. The van der Waals surface area contributed by atoms with Gasteiger partial charge in [0.1, 0.15) is 0 Å². The van der Waals surface area contributed by atoms with Crippen LogP contribution in [0.4, 0.5) is 5.69 Å². The molecule has 0 saturated carbocycles. The summed E-state index contributed by atoms with van der Waals surface area (Å²) < 4.78 is 5.78. The molecule has 0 atom stereocenters. The molecule has 0 saturated heterocycles. The number of nitrogens with zero attached hydrogens (tertiary/aromatic N) is 3. The predicted octanol–water partition coefficient (Wildman–Crippen LogP) is 3.54. The van der Waals surface area contributed by atoms with Crippen molar-refractivity contribution in [2.75, 3.05) is 5.32 Å². The fraction of sp³-hybridized carbons (Fsp3) is 0.0714. The molecule has 0 aliphatic carbocycles. The van der Waals surface area contributed by atoms with E-state index in [0.29, 0.717) is 22.0 Å². The smallest absolute Gasteiger partial charge is 0.258 e. The van der Waals surface area contributed by atoms with Crippen molar-refractivity contribution in [2.45, 2.75) is 6.92 Å². The number of carbonyl (C=O) groups excluding carboxylic acids is 1. The average molecular weight is 319 g/mol. The summed E-state index contributed by atoms with van der Waals surface area (Å²) in [5, 5.41) is 9.31. The van der Waals surface area contributed by atoms with Gasteiger partial charge in [0.25, 0.3) is 5.91 Å². The average Bonchev–Trinajstić information content (AvgIpc) is 3.10. The van der Waals surface area contributed by atoms with E-state index in [-0.39, 0.29) is 5.91 Å². The SMILES string of the molecule is Cc1nscc1C(=O)Nc1cc(Cl)ccc1-n1cccn1. The Bertz CT molecular complexity index is 782. The predicted molar refractivity (Wildman–Crippen MR) is 83.4 cm³/mol. The van der Waals surface area contributed by atoms with E-state index in [4.69, 9.17) is 11.6 Å². The molecule has 0 fully saturated rings. The van der Waals surface area contributed by atoms with Gasteiger partial charge in [-0.1, -0.05) is 11.6 Å². The minimum Gasteiger partial charge on any atom is -0.320 e. The van der Waals surface area contributed by atoms with Gasteiger partial charge in [-0.05, 0) is 42.7 Å². The molecule has 2 heterocycles. The number of hydrogen-bond donors (Lipinski definition) is 1. The fourth-order valence-electron chi connectivity index (χ4n) is 1.92. The van der Waals surface area contributed by atoms with Gasteiger partial charge < -0.3 is 5.32 Å². The lowest BCUT2D eigenvalue weighted by atomic mass is 10.2. The van der Waals surface area contributed by atoms with Crippen LogP contribution < -0.4 is 5.32 Å². The molecule has 1 N–H and O–H groups in total. The van der Waals surface area contributed by atoms with Gasteiger partial charge in [0.05, 0.1) is 22.6 Å². The van der Waals surface area contributed by atoms with E-state index in [2.05, 4.69) is 14.8 Å². The van der Waals surface area contributed by atoms with Gasteiger partial charge in [0.2, 0.25) is 0 Å². The molecule has 2 aromatic heterocycles. The summed E-state index contributed by atoms with van der Waals surface area (Å²) in [6.45, 7) is 1.80. The van der Waals surface area contributed by atoms with Crippen LogP contribution in [-0.2, 0) is 0 Å². The number of amides is 1. The second kappa shape index (κ2) is 5.67. The summed E-state index contributed by atoms with van der Waals surface area (Å²) in [6.07, 6.45) is 3.48. The first-order chi connectivity index (χ1) is 10.1. The van der Waals surface area contributed by atoms with E-state index in [1.807, 2.05) is 12.1 Å². The van der Waals surface area contributed by atoms with Crippen molar-refractivity contribution in [3.05, 3.63) is 58.3 Å². The van der Waals surface area contributed by atoms with Crippen LogP contribution in [0.2, 0.25) is 5.02 Å². The Morgan fingerprint density at radius 2 is 2.29 bits per heavy atom. The third-order valence-corrected chi connectivity index (χ3v) is 3.91. The molecule has 0 aliphatic heterocycles. The molecular weight excluding hydrogens is 308 g/mol. The number of carbonyl (C=O) groups is 1. The van der Waals surface area contributed by atoms with Crippen molar-refractivity contribution in [3.8, 4) is 5.69 Å². The standard InChI is InChI=1S/C14H11ClN4OS/c1-9-11(8-21-18-9)14(20)17-12-7-10(15)3-4-13(12)19-6-2-5-16-19/h2-8H,1H3,(H,17,20). The van der Waals surface area contributed by atoms with Gasteiger partial charge >= 0.3 is 0 Å². The third-order valence-electron chi connectivity index (χ3n) is 2.95. The number of halogens is 1. The number of aryl methyl sites for hydroxylation is 1. The van der Waals surface area contributed by atoms with E-state index < -0.39 is 0 Å². The van der Waals surface area contributed by atoms with Crippen LogP contribution in [0.3, 0.4) is 0 Å². The highest BCUT2D eigenvalue weighted by Crippen LogP contribution is 2.25. The minimum atomic E-state index is -0.211. The summed E-state index contributed by atoms with van der Waals surface area (Å²) in [5.74, 6) is -0.211. The molecule has 1 aromatic carbocycles. The van der Waals surface area contributed by atoms with Crippen molar-refractivity contribution in [1.29, 1.82) is 0 Å². The van der Waals surface area contributed by atoms with Crippen LogP contribution >= 0.6 is 23.1 Å². The second-order valence-electron chi connectivity index (χ2n) is 4.38. The molecule has 0 radical (unpaired) electrons. The summed E-state index contributed by atoms with van der Waals surface area (Å²) in [5.41, 5.74) is 2.62. The van der Waals surface area contributed by atoms with Crippen LogP contribution in [0.1, 0.15) is 16.1 Å². The van der Waals surface area contributed by atoms with Gasteiger partial charge in [-0.25, -0.2) is 4.68 Å². The van der Waals surface area contributed by atoms with Gasteiger partial charge in [-0.15, -0.1) is 0 Å². The molecule has 106 valence electrons. The minimum absolute atomic E-state index is 0.211. The van der Waals surface area contributed by atoms with Crippen molar-refractivity contribution in [2.24, 2.45) is 0 Å². The van der Waals surface area contributed by atoms with Crippen molar-refractivity contribution in [3.63, 3.8) is 0 Å². The number of hydrogen-bond acceptors (Lipinski definition) is 4. The topological polar surface area (TPSA) is 59.8 Å². The van der Waals surface area contributed by atoms with Crippen LogP contribution in [0.15, 0.2) is 42.0 Å². The number of rotatable bonds is 3. The Balaban J connectivity index is 1.97.